The Labute approximate surface area is 180 Å². The molecule has 0 bridgehead atoms. The number of thiocarbonyl (C=S) groups is 1. The van der Waals surface area contributed by atoms with E-state index >= 15 is 0 Å². The van der Waals surface area contributed by atoms with Crippen LogP contribution in [0.25, 0.3) is 11.3 Å². The quantitative estimate of drug-likeness (QED) is 0.528. The number of hydrogen-bond donors (Lipinski definition) is 1. The Bertz CT molecular complexity index is 998. The molecule has 1 saturated carbocycles. The molecule has 0 radical (unpaired) electrons. The number of hydrogen-bond acceptors (Lipinski definition) is 3. The molecule has 29 heavy (non-hydrogen) atoms. The first-order valence-electron chi connectivity index (χ1n) is 10.1. The van der Waals surface area contributed by atoms with Crippen LogP contribution in [0.3, 0.4) is 0 Å². The zero-order valence-corrected chi connectivity index (χ0v) is 17.5. The van der Waals surface area contributed by atoms with Gasteiger partial charge in [0.25, 0.3) is 0 Å². The summed E-state index contributed by atoms with van der Waals surface area (Å²) in [5.74, 6) is 1.74. The zero-order chi connectivity index (χ0) is 19.8. The topological polar surface area (TPSA) is 41.3 Å². The molecule has 6 heteroatoms. The molecule has 2 aromatic heterocycles. The molecule has 1 aliphatic carbocycles. The van der Waals surface area contributed by atoms with Crippen LogP contribution in [-0.4, -0.2) is 21.0 Å². The fourth-order valence-electron chi connectivity index (χ4n) is 4.53. The predicted octanol–water partition coefficient (Wildman–Crippen LogP) is 5.91. The van der Waals surface area contributed by atoms with Gasteiger partial charge in [0.05, 0.1) is 11.7 Å². The van der Waals surface area contributed by atoms with Crippen molar-refractivity contribution in [3.8, 4) is 11.3 Å². The number of nitrogens with one attached hydrogen (secondary N) is 1. The lowest BCUT2D eigenvalue weighted by atomic mass is 10.0. The molecular weight excluding hydrogens is 402 g/mol. The van der Waals surface area contributed by atoms with Crippen LogP contribution in [0.4, 0.5) is 0 Å². The SMILES string of the molecule is S=C1N[C@@H](c2ccccn2)[C@H](c2ccc(-c3ccc(Cl)cc3)o2)N1C1CCCC1. The normalized spacial score (nSPS) is 22.2. The fraction of sp³-hybridized carbons (Fsp3) is 0.304. The number of nitrogens with zero attached hydrogens (tertiary/aromatic N) is 2. The maximum atomic E-state index is 6.37. The molecule has 148 valence electrons. The van der Waals surface area contributed by atoms with Gasteiger partial charge in [0.1, 0.15) is 17.6 Å². The van der Waals surface area contributed by atoms with Crippen molar-refractivity contribution in [2.24, 2.45) is 0 Å². The summed E-state index contributed by atoms with van der Waals surface area (Å²) < 4.78 is 6.37. The van der Waals surface area contributed by atoms with Crippen molar-refractivity contribution >= 4 is 28.9 Å². The lowest BCUT2D eigenvalue weighted by Gasteiger charge is -2.31. The highest BCUT2D eigenvalue weighted by Gasteiger charge is 2.45. The average molecular weight is 424 g/mol. The zero-order valence-electron chi connectivity index (χ0n) is 15.9. The second-order valence-electron chi connectivity index (χ2n) is 7.68. The highest BCUT2D eigenvalue weighted by molar-refractivity contribution is 7.80. The van der Waals surface area contributed by atoms with Crippen molar-refractivity contribution in [1.82, 2.24) is 15.2 Å². The molecule has 5 rings (SSSR count). The lowest BCUT2D eigenvalue weighted by molar-refractivity contribution is 0.218. The molecule has 1 N–H and O–H groups in total. The van der Waals surface area contributed by atoms with Gasteiger partial charge in [0.2, 0.25) is 0 Å². The summed E-state index contributed by atoms with van der Waals surface area (Å²) in [6.45, 7) is 0. The van der Waals surface area contributed by atoms with E-state index in [1.165, 1.54) is 12.8 Å². The smallest absolute Gasteiger partial charge is 0.170 e. The molecule has 1 saturated heterocycles. The van der Waals surface area contributed by atoms with E-state index in [9.17, 15) is 0 Å². The molecule has 1 aliphatic heterocycles. The van der Waals surface area contributed by atoms with Gasteiger partial charge in [0.15, 0.2) is 5.11 Å². The maximum absolute atomic E-state index is 6.37. The maximum Gasteiger partial charge on any atom is 0.170 e. The first kappa shape index (κ1) is 18.6. The summed E-state index contributed by atoms with van der Waals surface area (Å²) in [5.41, 5.74) is 1.99. The Balaban J connectivity index is 1.54. The van der Waals surface area contributed by atoms with E-state index in [0.717, 1.165) is 40.7 Å². The first-order chi connectivity index (χ1) is 14.2. The average Bonchev–Trinajstić information content (AvgIpc) is 3.48. The second kappa shape index (κ2) is 7.81. The Morgan fingerprint density at radius 1 is 1.03 bits per heavy atom. The Morgan fingerprint density at radius 2 is 1.83 bits per heavy atom. The number of halogens is 1. The predicted molar refractivity (Wildman–Crippen MR) is 119 cm³/mol. The Morgan fingerprint density at radius 3 is 2.55 bits per heavy atom. The number of benzene rings is 1. The van der Waals surface area contributed by atoms with Crippen molar-refractivity contribution in [2.45, 2.75) is 43.8 Å². The minimum Gasteiger partial charge on any atom is -0.459 e. The fourth-order valence-corrected chi connectivity index (χ4v) is 5.04. The van der Waals surface area contributed by atoms with Crippen molar-refractivity contribution in [1.29, 1.82) is 0 Å². The van der Waals surface area contributed by atoms with E-state index in [-0.39, 0.29) is 12.1 Å². The van der Waals surface area contributed by atoms with Gasteiger partial charge in [-0.25, -0.2) is 0 Å². The largest absolute Gasteiger partial charge is 0.459 e. The summed E-state index contributed by atoms with van der Waals surface area (Å²) in [6, 6.07) is 18.2. The van der Waals surface area contributed by atoms with Gasteiger partial charge in [-0.15, -0.1) is 0 Å². The molecule has 3 heterocycles. The minimum absolute atomic E-state index is 0.0125. The van der Waals surface area contributed by atoms with Crippen LogP contribution in [0.2, 0.25) is 5.02 Å². The summed E-state index contributed by atoms with van der Waals surface area (Å²) in [7, 11) is 0. The molecule has 2 aliphatic rings. The van der Waals surface area contributed by atoms with Crippen molar-refractivity contribution in [3.63, 3.8) is 0 Å². The van der Waals surface area contributed by atoms with E-state index < -0.39 is 0 Å². The van der Waals surface area contributed by atoms with Crippen LogP contribution in [0.15, 0.2) is 65.2 Å². The van der Waals surface area contributed by atoms with Crippen LogP contribution in [0.1, 0.15) is 49.2 Å². The van der Waals surface area contributed by atoms with Crippen LogP contribution >= 0.6 is 23.8 Å². The summed E-state index contributed by atoms with van der Waals surface area (Å²) in [4.78, 5) is 6.95. The Hall–Kier alpha value is -2.37. The van der Waals surface area contributed by atoms with Crippen LogP contribution in [-0.2, 0) is 0 Å². The molecule has 4 nitrogen and oxygen atoms in total. The number of aromatic nitrogens is 1. The van der Waals surface area contributed by atoms with Crippen LogP contribution in [0.5, 0.6) is 0 Å². The molecule has 1 aromatic carbocycles. The number of furan rings is 1. The van der Waals surface area contributed by atoms with Gasteiger partial charge < -0.3 is 14.6 Å². The van der Waals surface area contributed by atoms with Gasteiger partial charge in [-0.3, -0.25) is 4.98 Å². The van der Waals surface area contributed by atoms with Crippen molar-refractivity contribution in [2.75, 3.05) is 0 Å². The third kappa shape index (κ3) is 3.53. The third-order valence-corrected chi connectivity index (χ3v) is 6.48. The summed E-state index contributed by atoms with van der Waals surface area (Å²) >= 11 is 11.8. The third-order valence-electron chi connectivity index (χ3n) is 5.90. The summed E-state index contributed by atoms with van der Waals surface area (Å²) in [6.07, 6.45) is 6.66. The van der Waals surface area contributed by atoms with Crippen LogP contribution in [0, 0.1) is 0 Å². The highest BCUT2D eigenvalue weighted by atomic mass is 35.5. The van der Waals surface area contributed by atoms with E-state index in [0.29, 0.717) is 11.1 Å². The van der Waals surface area contributed by atoms with Crippen molar-refractivity contribution in [3.05, 3.63) is 77.3 Å². The van der Waals surface area contributed by atoms with Gasteiger partial charge >= 0.3 is 0 Å². The van der Waals surface area contributed by atoms with E-state index in [4.69, 9.17) is 28.2 Å². The lowest BCUT2D eigenvalue weighted by Crippen LogP contribution is -2.37. The van der Waals surface area contributed by atoms with Gasteiger partial charge in [0, 0.05) is 22.8 Å². The van der Waals surface area contributed by atoms with Gasteiger partial charge in [-0.2, -0.15) is 0 Å². The molecule has 0 unspecified atom stereocenters. The molecule has 0 amide bonds. The standard InChI is InChI=1S/C23H22ClN3OS/c24-16-10-8-15(9-11-16)19-12-13-20(28-19)22-21(18-7-3-4-14-25-18)26-23(29)27(22)17-5-1-2-6-17/h3-4,7-14,17,21-22H,1-2,5-6H2,(H,26,29)/t21-,22-/m0/s1. The second-order valence-corrected chi connectivity index (χ2v) is 8.50. The molecule has 3 aromatic rings. The molecule has 0 spiro atoms. The summed E-state index contributed by atoms with van der Waals surface area (Å²) in [5, 5.41) is 5.03. The van der Waals surface area contributed by atoms with E-state index in [1.54, 1.807) is 0 Å². The van der Waals surface area contributed by atoms with E-state index in [2.05, 4.69) is 27.3 Å². The number of pyridine rings is 1. The first-order valence-corrected chi connectivity index (χ1v) is 10.8. The number of rotatable bonds is 4. The highest BCUT2D eigenvalue weighted by Crippen LogP contribution is 2.44. The molecular formula is C23H22ClN3OS. The molecule has 2 fully saturated rings. The van der Waals surface area contributed by atoms with Crippen molar-refractivity contribution < 1.29 is 4.42 Å². The van der Waals surface area contributed by atoms with Crippen LogP contribution < -0.4 is 5.32 Å². The Kier molecular flexibility index (Phi) is 5.02. The van der Waals surface area contributed by atoms with Gasteiger partial charge in [-0.1, -0.05) is 30.5 Å². The van der Waals surface area contributed by atoms with E-state index in [1.807, 2.05) is 48.7 Å². The van der Waals surface area contributed by atoms with Gasteiger partial charge in [-0.05, 0) is 73.6 Å². The minimum atomic E-state index is -0.0338. The molecule has 2 atom stereocenters. The monoisotopic (exact) mass is 423 g/mol.